The Morgan fingerprint density at radius 2 is 1.84 bits per heavy atom. The van der Waals surface area contributed by atoms with E-state index in [1.165, 1.54) is 16.7 Å². The molecule has 0 saturated carbocycles. The maximum absolute atomic E-state index is 10.5. The van der Waals surface area contributed by atoms with Gasteiger partial charge < -0.3 is 19.5 Å². The van der Waals surface area contributed by atoms with E-state index in [1.54, 1.807) is 0 Å². The first-order valence-electron chi connectivity index (χ1n) is 14.8. The number of terminal acetylenes is 1. The molecular weight excluding hydrogens is 534 g/mol. The van der Waals surface area contributed by atoms with Crippen molar-refractivity contribution < 1.29 is 14.6 Å². The molecule has 3 unspecified atom stereocenters. The Balaban J connectivity index is 1.31. The van der Waals surface area contributed by atoms with Gasteiger partial charge in [-0.2, -0.15) is 4.98 Å². The zero-order chi connectivity index (χ0) is 29.2. The van der Waals surface area contributed by atoms with Crippen molar-refractivity contribution in [2.75, 3.05) is 11.4 Å². The monoisotopic (exact) mass is 567 g/mol. The van der Waals surface area contributed by atoms with Crippen molar-refractivity contribution >= 4 is 11.8 Å². The van der Waals surface area contributed by atoms with E-state index in [0.29, 0.717) is 36.9 Å². The van der Waals surface area contributed by atoms with Crippen LogP contribution in [0.2, 0.25) is 0 Å². The third kappa shape index (κ3) is 5.17. The van der Waals surface area contributed by atoms with Gasteiger partial charge in [0, 0.05) is 30.5 Å². The summed E-state index contributed by atoms with van der Waals surface area (Å²) < 4.78 is 11.7. The molecule has 1 aliphatic heterocycles. The topological polar surface area (TPSA) is 67.7 Å². The highest BCUT2D eigenvalue weighted by Gasteiger charge is 2.45. The number of nitrogens with zero attached hydrogens (tertiary/aromatic N) is 3. The molecule has 3 atom stereocenters. The van der Waals surface area contributed by atoms with Crippen LogP contribution in [0.25, 0.3) is 6.08 Å². The average Bonchev–Trinajstić information content (AvgIpc) is 3.02. The molecule has 0 saturated heterocycles. The summed E-state index contributed by atoms with van der Waals surface area (Å²) in [5, 5.41) is 10.5. The van der Waals surface area contributed by atoms with Crippen LogP contribution in [0.5, 0.6) is 17.5 Å². The highest BCUT2D eigenvalue weighted by Crippen LogP contribution is 2.52. The minimum Gasteiger partial charge on any atom is -0.424 e. The van der Waals surface area contributed by atoms with Crippen LogP contribution in [0.4, 0.5) is 5.69 Å². The Labute approximate surface area is 252 Å². The van der Waals surface area contributed by atoms with Crippen LogP contribution in [-0.4, -0.2) is 27.7 Å². The van der Waals surface area contributed by atoms with Gasteiger partial charge in [-0.1, -0.05) is 85.3 Å². The number of rotatable bonds is 6. The van der Waals surface area contributed by atoms with Crippen molar-refractivity contribution in [3.63, 3.8) is 0 Å². The van der Waals surface area contributed by atoms with Crippen LogP contribution in [-0.2, 0) is 18.4 Å². The summed E-state index contributed by atoms with van der Waals surface area (Å²) in [6.07, 6.45) is 21.2. The summed E-state index contributed by atoms with van der Waals surface area (Å²) in [7, 11) is 0. The highest BCUT2D eigenvalue weighted by atomic mass is 16.5. The van der Waals surface area contributed by atoms with Gasteiger partial charge in [-0.25, -0.2) is 4.98 Å². The molecule has 1 spiro atoms. The normalized spacial score (nSPS) is 22.0. The van der Waals surface area contributed by atoms with Gasteiger partial charge in [0.25, 0.3) is 0 Å². The van der Waals surface area contributed by atoms with Crippen LogP contribution < -0.4 is 14.4 Å². The van der Waals surface area contributed by atoms with Gasteiger partial charge in [0.2, 0.25) is 0 Å². The maximum Gasteiger partial charge on any atom is 0.322 e. The largest absolute Gasteiger partial charge is 0.424 e. The van der Waals surface area contributed by atoms with Crippen LogP contribution in [0.15, 0.2) is 97.2 Å². The van der Waals surface area contributed by atoms with Gasteiger partial charge in [0.1, 0.15) is 17.6 Å². The Hall–Kier alpha value is -4.86. The first-order valence-corrected chi connectivity index (χ1v) is 14.8. The van der Waals surface area contributed by atoms with E-state index < -0.39 is 6.10 Å². The third-order valence-corrected chi connectivity index (χ3v) is 8.90. The quantitative estimate of drug-likeness (QED) is 0.204. The standard InChI is InChI=1S/C37H33N3O3/c1-2-42-34-17-14-27-25-40(21-9-19-37-20-18-29(41)23-28(37)15-16-31(34)35(27)37)33-24-38-36(43-30-12-7-4-8-13-30)39-32(33)22-26-10-5-3-6-11-26/h1,3-8,10-18,20,24,28-29,41H,9,19,21-23,25H2. The molecule has 0 radical (unpaired) electrons. The van der Waals surface area contributed by atoms with Crippen molar-refractivity contribution in [2.24, 2.45) is 5.92 Å². The lowest BCUT2D eigenvalue weighted by Crippen LogP contribution is -2.43. The molecule has 7 rings (SSSR count). The summed E-state index contributed by atoms with van der Waals surface area (Å²) in [5.41, 5.74) is 6.36. The van der Waals surface area contributed by atoms with Crippen molar-refractivity contribution in [1.82, 2.24) is 9.97 Å². The van der Waals surface area contributed by atoms with E-state index in [9.17, 15) is 5.11 Å². The second-order valence-corrected chi connectivity index (χ2v) is 11.5. The van der Waals surface area contributed by atoms with E-state index in [4.69, 9.17) is 20.9 Å². The average molecular weight is 568 g/mol. The van der Waals surface area contributed by atoms with Gasteiger partial charge in [-0.3, -0.25) is 0 Å². The van der Waals surface area contributed by atoms with E-state index in [0.717, 1.165) is 36.3 Å². The number of benzene rings is 3. The number of aliphatic hydroxyl groups excluding tert-OH is 1. The second kappa shape index (κ2) is 11.4. The van der Waals surface area contributed by atoms with Gasteiger partial charge in [0.15, 0.2) is 0 Å². The minimum absolute atomic E-state index is 0.206. The Kier molecular flexibility index (Phi) is 7.18. The zero-order valence-corrected chi connectivity index (χ0v) is 23.9. The number of aliphatic hydroxyl groups is 1. The number of aromatic nitrogens is 2. The molecule has 2 aliphatic carbocycles. The van der Waals surface area contributed by atoms with Crippen LogP contribution in [0.1, 0.15) is 47.2 Å². The predicted molar refractivity (Wildman–Crippen MR) is 168 cm³/mol. The molecule has 0 amide bonds. The first-order chi connectivity index (χ1) is 21.1. The lowest BCUT2D eigenvalue weighted by molar-refractivity contribution is 0.158. The van der Waals surface area contributed by atoms with E-state index in [-0.39, 0.29) is 11.3 Å². The highest BCUT2D eigenvalue weighted by molar-refractivity contribution is 5.71. The fraction of sp³-hybridized carbons (Fsp3) is 0.243. The Morgan fingerprint density at radius 1 is 1.02 bits per heavy atom. The Bertz CT molecular complexity index is 1730. The summed E-state index contributed by atoms with van der Waals surface area (Å²) in [6, 6.07) is 24.5. The Morgan fingerprint density at radius 3 is 2.65 bits per heavy atom. The molecule has 6 heteroatoms. The molecule has 1 N–H and O–H groups in total. The lowest BCUT2D eigenvalue weighted by atomic mass is 9.58. The molecule has 214 valence electrons. The smallest absolute Gasteiger partial charge is 0.322 e. The van der Waals surface area contributed by atoms with Crippen molar-refractivity contribution in [1.29, 1.82) is 0 Å². The molecule has 43 heavy (non-hydrogen) atoms. The number of anilines is 1. The second-order valence-electron chi connectivity index (χ2n) is 11.5. The summed E-state index contributed by atoms with van der Waals surface area (Å²) in [5.74, 6) is 1.60. The molecule has 2 heterocycles. The molecule has 4 aromatic rings. The predicted octanol–water partition coefficient (Wildman–Crippen LogP) is 6.83. The summed E-state index contributed by atoms with van der Waals surface area (Å²) in [6.45, 7) is 1.53. The molecule has 6 nitrogen and oxygen atoms in total. The van der Waals surface area contributed by atoms with E-state index >= 15 is 0 Å². The number of ether oxygens (including phenoxy) is 2. The molecule has 3 aromatic carbocycles. The fourth-order valence-corrected chi connectivity index (χ4v) is 7.00. The third-order valence-electron chi connectivity index (χ3n) is 8.90. The van der Waals surface area contributed by atoms with Crippen molar-refractivity contribution in [2.45, 2.75) is 43.7 Å². The maximum atomic E-state index is 10.5. The van der Waals surface area contributed by atoms with Gasteiger partial charge in [0.05, 0.1) is 23.7 Å². The zero-order valence-electron chi connectivity index (χ0n) is 23.9. The summed E-state index contributed by atoms with van der Waals surface area (Å²) >= 11 is 0. The number of hydrogen-bond donors (Lipinski definition) is 1. The number of allylic oxidation sites excluding steroid dienone is 2. The minimum atomic E-state index is -0.438. The fourth-order valence-electron chi connectivity index (χ4n) is 7.00. The molecular formula is C37H33N3O3. The van der Waals surface area contributed by atoms with Gasteiger partial charge in [-0.05, 0) is 60.1 Å². The molecule has 1 aromatic heterocycles. The summed E-state index contributed by atoms with van der Waals surface area (Å²) in [4.78, 5) is 12.0. The van der Waals surface area contributed by atoms with Gasteiger partial charge in [-0.15, -0.1) is 0 Å². The van der Waals surface area contributed by atoms with Gasteiger partial charge >= 0.3 is 6.01 Å². The molecule has 0 bridgehead atoms. The molecule has 0 fully saturated rings. The number of para-hydroxylation sites is 1. The SMILES string of the molecule is C#COc1ccc2c3c1C=CC1CC(O)C=CC31CCCN(c1cnc(Oc3ccccc3)nc1Cc1ccccc1)C2. The van der Waals surface area contributed by atoms with E-state index in [1.807, 2.05) is 54.7 Å². The van der Waals surface area contributed by atoms with Crippen LogP contribution in [0.3, 0.4) is 0 Å². The molecule has 3 aliphatic rings. The van der Waals surface area contributed by atoms with Crippen LogP contribution >= 0.6 is 0 Å². The van der Waals surface area contributed by atoms with Crippen molar-refractivity contribution in [3.05, 3.63) is 125 Å². The lowest BCUT2D eigenvalue weighted by Gasteiger charge is -2.47. The van der Waals surface area contributed by atoms with E-state index in [2.05, 4.69) is 64.6 Å². The first kappa shape index (κ1) is 27.0. The van der Waals surface area contributed by atoms with Crippen LogP contribution in [0, 0.1) is 18.4 Å². The van der Waals surface area contributed by atoms with Crippen molar-refractivity contribution in [3.8, 4) is 30.0 Å². The number of hydrogen-bond acceptors (Lipinski definition) is 6.